The summed E-state index contributed by atoms with van der Waals surface area (Å²) in [5.41, 5.74) is 24.8. The fourth-order valence-corrected chi connectivity index (χ4v) is 14.6. The van der Waals surface area contributed by atoms with Crippen LogP contribution in [0.2, 0.25) is 0 Å². The van der Waals surface area contributed by atoms with Gasteiger partial charge >= 0.3 is 0 Å². The maximum Gasteiger partial charge on any atom is 0.0547 e. The topological polar surface area (TPSA) is 18.0 Å². The lowest BCUT2D eigenvalue weighted by atomic mass is 9.81. The van der Waals surface area contributed by atoms with Crippen molar-refractivity contribution in [3.63, 3.8) is 0 Å². The van der Waals surface area contributed by atoms with E-state index in [9.17, 15) is 0 Å². The summed E-state index contributed by atoms with van der Waals surface area (Å²) in [5.74, 6) is 0. The van der Waals surface area contributed by atoms with Crippen molar-refractivity contribution < 1.29 is 0 Å². The van der Waals surface area contributed by atoms with Crippen LogP contribution in [0, 0.1) is 0 Å². The van der Waals surface area contributed by atoms with E-state index in [1.807, 2.05) is 12.2 Å². The van der Waals surface area contributed by atoms with Gasteiger partial charge in [0.2, 0.25) is 0 Å². The average Bonchev–Trinajstić information content (AvgIpc) is 1.70. The molecule has 16 aromatic rings. The Morgan fingerprint density at radius 2 is 0.775 bits per heavy atom. The van der Waals surface area contributed by atoms with Gasteiger partial charge in [-0.3, -0.25) is 0 Å². The zero-order chi connectivity index (χ0) is 59.3. The first-order chi connectivity index (χ1) is 43.9. The minimum absolute atomic E-state index is 0.300. The molecule has 0 unspecified atom stereocenters. The molecule has 0 aliphatic heterocycles. The van der Waals surface area contributed by atoms with Crippen LogP contribution in [0.4, 0.5) is 17.1 Å². The third-order valence-corrected chi connectivity index (χ3v) is 18.8. The van der Waals surface area contributed by atoms with Crippen molar-refractivity contribution in [3.05, 3.63) is 327 Å². The molecular weight excluding hydrogens is 1080 g/mol. The number of allylic oxidation sites excluding steroid dienone is 4. The highest BCUT2D eigenvalue weighted by Crippen LogP contribution is 2.53. The molecule has 17 rings (SSSR count). The lowest BCUT2D eigenvalue weighted by molar-refractivity contribution is 0.660. The normalized spacial score (nSPS) is 12.9. The summed E-state index contributed by atoms with van der Waals surface area (Å²) in [4.78, 5) is 2.49. The molecule has 1 aliphatic rings. The molecule has 0 fully saturated rings. The number of para-hydroxylation sites is 5. The van der Waals surface area contributed by atoms with Crippen LogP contribution in [0.3, 0.4) is 0 Å². The van der Waals surface area contributed by atoms with E-state index in [-0.39, 0.29) is 5.41 Å². The Balaban J connectivity index is 0.792. The van der Waals surface area contributed by atoms with E-state index in [2.05, 4.69) is 336 Å². The van der Waals surface area contributed by atoms with Crippen LogP contribution in [0.5, 0.6) is 0 Å². The predicted molar refractivity (Wildman–Crippen MR) is 379 cm³/mol. The van der Waals surface area contributed by atoms with Crippen LogP contribution in [-0.4, -0.2) is 13.7 Å². The second-order valence-corrected chi connectivity index (χ2v) is 24.1. The zero-order valence-electron chi connectivity index (χ0n) is 49.5. The molecule has 4 heteroatoms. The summed E-state index contributed by atoms with van der Waals surface area (Å²) in [6, 6.07) is 106. The number of hydrogen-bond donors (Lipinski definition) is 0. The molecule has 0 atom stereocenters. The smallest absolute Gasteiger partial charge is 0.0547 e. The van der Waals surface area contributed by atoms with Crippen LogP contribution in [-0.2, 0) is 5.41 Å². The summed E-state index contributed by atoms with van der Waals surface area (Å²) in [5, 5.41) is 9.80. The maximum atomic E-state index is 3.84. The molecule has 89 heavy (non-hydrogen) atoms. The van der Waals surface area contributed by atoms with Gasteiger partial charge in [-0.15, -0.1) is 0 Å². The largest absolute Gasteiger partial charge is 0.316 e. The van der Waals surface area contributed by atoms with Gasteiger partial charge in [0.25, 0.3) is 0 Å². The molecule has 420 valence electrons. The minimum Gasteiger partial charge on any atom is -0.316 e. The van der Waals surface area contributed by atoms with Crippen LogP contribution in [0.25, 0.3) is 138 Å². The third-order valence-electron chi connectivity index (χ3n) is 18.8. The first kappa shape index (κ1) is 51.9. The van der Waals surface area contributed by atoms with Gasteiger partial charge in [0.1, 0.15) is 0 Å². The molecule has 0 radical (unpaired) electrons. The Hall–Kier alpha value is -11.5. The molecule has 0 saturated heterocycles. The van der Waals surface area contributed by atoms with E-state index in [0.29, 0.717) is 0 Å². The maximum absolute atomic E-state index is 3.84. The molecule has 0 spiro atoms. The van der Waals surface area contributed by atoms with E-state index in [1.54, 1.807) is 6.08 Å². The molecule has 0 amide bonds. The molecule has 13 aromatic carbocycles. The second kappa shape index (κ2) is 20.6. The number of nitrogens with zero attached hydrogens (tertiary/aromatic N) is 4. The lowest BCUT2D eigenvalue weighted by Crippen LogP contribution is -2.17. The quantitative estimate of drug-likeness (QED) is 0.118. The molecule has 3 aromatic heterocycles. The third kappa shape index (κ3) is 8.29. The van der Waals surface area contributed by atoms with Gasteiger partial charge < -0.3 is 18.6 Å². The highest BCUT2D eigenvalue weighted by molar-refractivity contribution is 6.14. The van der Waals surface area contributed by atoms with Crippen LogP contribution in [0.15, 0.2) is 316 Å². The van der Waals surface area contributed by atoms with Crippen molar-refractivity contribution in [2.45, 2.75) is 19.3 Å². The van der Waals surface area contributed by atoms with E-state index >= 15 is 0 Å². The number of aromatic nitrogens is 3. The Labute approximate surface area is 517 Å². The summed E-state index contributed by atoms with van der Waals surface area (Å²) in [6.45, 7) is 8.65. The monoisotopic (exact) mass is 1140 g/mol. The van der Waals surface area contributed by atoms with Gasteiger partial charge in [-0.2, -0.15) is 0 Å². The molecule has 4 nitrogen and oxygen atoms in total. The van der Waals surface area contributed by atoms with E-state index in [1.165, 1.54) is 126 Å². The van der Waals surface area contributed by atoms with Gasteiger partial charge in [0.05, 0.1) is 38.8 Å². The van der Waals surface area contributed by atoms with Gasteiger partial charge in [0.15, 0.2) is 0 Å². The predicted octanol–water partition coefficient (Wildman–Crippen LogP) is 23.1. The molecular formula is C85H60N4. The van der Waals surface area contributed by atoms with E-state index in [0.717, 1.165) is 34.0 Å². The fourth-order valence-electron chi connectivity index (χ4n) is 14.6. The number of hydrogen-bond acceptors (Lipinski definition) is 1. The summed E-state index contributed by atoms with van der Waals surface area (Å²) in [6.07, 6.45) is 9.99. The first-order valence-corrected chi connectivity index (χ1v) is 30.8. The summed E-state index contributed by atoms with van der Waals surface area (Å²) in [7, 11) is 0. The SMILES string of the molecule is C=C/C=C\C=C\n1c2ccccc2c2cc(-c3ccc4c(c3)C(C)(C)c3cc(N(c5ccc(-c6ccc7c(c6)c6ccccc6n7-c6ccccc6)cc5)c5ccc(-c6ccc7c8ccccc8n(-c8ccccc8)c7c6)c6ccccc56)ccc3-4)ccc21. The summed E-state index contributed by atoms with van der Waals surface area (Å²) >= 11 is 0. The Morgan fingerprint density at radius 1 is 0.315 bits per heavy atom. The standard InChI is InChI=1S/C85H60N4/c1-4-5-6-21-50-86-78-31-18-15-29-71(78)74-52-58(38-47-79(74)86)59-36-43-67-68-45-42-64(55-77(68)85(2,3)76(67)53-59)87(63-40-34-56(35-41-63)57-39-48-83-75(51-57)72-30-17-20-33-81(72)88(83)61-22-9-7-10-23-61)82-49-46-65(66-26-13-14-27-69(66)82)60-37-44-73-70-28-16-19-32-80(70)89(84(73)54-60)62-24-11-8-12-25-62/h4-55H,1H2,2-3H3/b6-5-,50-21+. The van der Waals surface area contributed by atoms with Crippen molar-refractivity contribution in [3.8, 4) is 55.9 Å². The molecule has 0 bridgehead atoms. The molecule has 3 heterocycles. The van der Waals surface area contributed by atoms with Crippen LogP contribution >= 0.6 is 0 Å². The number of rotatable bonds is 11. The summed E-state index contributed by atoms with van der Waals surface area (Å²) < 4.78 is 7.08. The van der Waals surface area contributed by atoms with Crippen LogP contribution < -0.4 is 4.90 Å². The number of fused-ring (bicyclic) bond motifs is 13. The molecule has 0 N–H and O–H groups in total. The Morgan fingerprint density at radius 3 is 1.47 bits per heavy atom. The van der Waals surface area contributed by atoms with Gasteiger partial charge in [0, 0.05) is 72.1 Å². The van der Waals surface area contributed by atoms with Crippen LogP contribution in [0.1, 0.15) is 25.0 Å². The van der Waals surface area contributed by atoms with Crippen molar-refractivity contribution in [2.24, 2.45) is 0 Å². The van der Waals surface area contributed by atoms with Crippen molar-refractivity contribution in [1.82, 2.24) is 13.7 Å². The first-order valence-electron chi connectivity index (χ1n) is 30.8. The molecule has 0 saturated carbocycles. The Bertz CT molecular complexity index is 5590. The van der Waals surface area contributed by atoms with Crippen molar-refractivity contribution in [2.75, 3.05) is 4.90 Å². The van der Waals surface area contributed by atoms with Gasteiger partial charge in [-0.05, 0) is 176 Å². The Kier molecular flexibility index (Phi) is 12.0. The number of anilines is 3. The van der Waals surface area contributed by atoms with Gasteiger partial charge in [-0.1, -0.05) is 215 Å². The van der Waals surface area contributed by atoms with Gasteiger partial charge in [-0.25, -0.2) is 0 Å². The lowest BCUT2D eigenvalue weighted by Gasteiger charge is -2.29. The zero-order valence-corrected chi connectivity index (χ0v) is 49.5. The second-order valence-electron chi connectivity index (χ2n) is 24.1. The average molecular weight is 1140 g/mol. The number of benzene rings is 13. The van der Waals surface area contributed by atoms with E-state index in [4.69, 9.17) is 0 Å². The van der Waals surface area contributed by atoms with Crippen molar-refractivity contribution in [1.29, 1.82) is 0 Å². The molecule has 1 aliphatic carbocycles. The highest BCUT2D eigenvalue weighted by atomic mass is 15.1. The minimum atomic E-state index is -0.300. The van der Waals surface area contributed by atoms with E-state index < -0.39 is 0 Å². The fraction of sp³-hybridized carbons (Fsp3) is 0.0353. The van der Waals surface area contributed by atoms with Crippen molar-refractivity contribution >= 4 is 99.5 Å². The highest BCUT2D eigenvalue weighted by Gasteiger charge is 2.37.